The number of rotatable bonds is 10. The van der Waals surface area contributed by atoms with Crippen LogP contribution < -0.4 is 30.6 Å². The van der Waals surface area contributed by atoms with Gasteiger partial charge < -0.3 is 10.1 Å². The van der Waals surface area contributed by atoms with E-state index in [2.05, 4.69) is 74.5 Å². The number of ether oxygens (including phenoxy) is 1. The maximum Gasteiger partial charge on any atom is 0.573 e. The number of anilines is 1. The third-order valence-electron chi connectivity index (χ3n) is 7.75. The van der Waals surface area contributed by atoms with Crippen molar-refractivity contribution in [3.63, 3.8) is 0 Å². The Balaban J connectivity index is 1.14. The van der Waals surface area contributed by atoms with Gasteiger partial charge in [0.1, 0.15) is 11.9 Å². The van der Waals surface area contributed by atoms with E-state index in [1.54, 1.807) is 12.1 Å². The molecule has 0 spiro atoms. The van der Waals surface area contributed by atoms with Crippen LogP contribution in [0.25, 0.3) is 5.69 Å². The van der Waals surface area contributed by atoms with Gasteiger partial charge in [-0.1, -0.05) is 49.7 Å². The van der Waals surface area contributed by atoms with Gasteiger partial charge in [-0.15, -0.1) is 24.5 Å². The standard InChI is InChI=1S/C34H39F3N6O2S/c1-5-6-26-12-7-22(2)19-30(26)43-24(4)20-46-33(43)40-32(44)39-23(3)8-9-25-10-13-27(14-11-25)31-38-21-42(41-31)28-15-17-29(18-16-28)45-34(35,36)37/h7,10-20,23,31,38,41H,5-6,8-9,21H2,1-4H3,(H,39,44). The number of alkyl halides is 3. The minimum absolute atomic E-state index is 0.0697. The second-order valence-electron chi connectivity index (χ2n) is 11.5. The lowest BCUT2D eigenvalue weighted by Crippen LogP contribution is -2.32. The number of nitrogens with one attached hydrogen (secondary N) is 3. The Bertz CT molecular complexity index is 1700. The van der Waals surface area contributed by atoms with Crippen LogP contribution in [-0.2, 0) is 12.8 Å². The van der Waals surface area contributed by atoms with Gasteiger partial charge in [-0.25, -0.2) is 10.2 Å². The Kier molecular flexibility index (Phi) is 10.5. The van der Waals surface area contributed by atoms with E-state index in [1.165, 1.54) is 29.0 Å². The highest BCUT2D eigenvalue weighted by Crippen LogP contribution is 2.27. The van der Waals surface area contributed by atoms with Crippen molar-refractivity contribution in [2.45, 2.75) is 71.9 Å². The lowest BCUT2D eigenvalue weighted by molar-refractivity contribution is -0.274. The molecule has 0 radical (unpaired) electrons. The molecular formula is C34H39F3N6O2S. The number of urea groups is 1. The van der Waals surface area contributed by atoms with E-state index in [-0.39, 0.29) is 24.0 Å². The smallest absolute Gasteiger partial charge is 0.406 e. The van der Waals surface area contributed by atoms with Gasteiger partial charge in [-0.3, -0.25) is 14.9 Å². The fourth-order valence-corrected chi connectivity index (χ4v) is 6.27. The van der Waals surface area contributed by atoms with Crippen molar-refractivity contribution in [2.75, 3.05) is 11.7 Å². The molecule has 244 valence electrons. The molecule has 0 bridgehead atoms. The normalized spacial score (nSPS) is 16.1. The molecule has 5 rings (SSSR count). The number of nitrogens with zero attached hydrogens (tertiary/aromatic N) is 3. The van der Waals surface area contributed by atoms with Crippen molar-refractivity contribution in [1.82, 2.24) is 20.6 Å². The van der Waals surface area contributed by atoms with Crippen LogP contribution in [0.2, 0.25) is 0 Å². The minimum Gasteiger partial charge on any atom is -0.406 e. The molecule has 1 aliphatic rings. The molecule has 1 saturated heterocycles. The molecular weight excluding hydrogens is 613 g/mol. The van der Waals surface area contributed by atoms with Crippen LogP contribution >= 0.6 is 11.3 Å². The molecule has 1 fully saturated rings. The van der Waals surface area contributed by atoms with Crippen LogP contribution in [0.4, 0.5) is 23.7 Å². The van der Waals surface area contributed by atoms with E-state index >= 15 is 0 Å². The quantitative estimate of drug-likeness (QED) is 0.169. The lowest BCUT2D eigenvalue weighted by Gasteiger charge is -2.19. The number of hydrazine groups is 1. The first kappa shape index (κ1) is 33.2. The summed E-state index contributed by atoms with van der Waals surface area (Å²) in [5, 5.41) is 10.2. The van der Waals surface area contributed by atoms with Crippen molar-refractivity contribution in [3.8, 4) is 11.4 Å². The number of halogens is 3. The third-order valence-corrected chi connectivity index (χ3v) is 8.69. The average molecular weight is 653 g/mol. The number of aromatic nitrogens is 1. The van der Waals surface area contributed by atoms with Crippen molar-refractivity contribution >= 4 is 23.1 Å². The van der Waals surface area contributed by atoms with Crippen LogP contribution in [0.1, 0.15) is 60.8 Å². The molecule has 3 aromatic carbocycles. The predicted octanol–water partition coefficient (Wildman–Crippen LogP) is 7.21. The third kappa shape index (κ3) is 8.56. The Morgan fingerprint density at radius 3 is 2.52 bits per heavy atom. The van der Waals surface area contributed by atoms with E-state index in [1.807, 2.05) is 36.4 Å². The number of hydrogen-bond donors (Lipinski definition) is 3. The zero-order chi connectivity index (χ0) is 32.8. The minimum atomic E-state index is -4.72. The predicted molar refractivity (Wildman–Crippen MR) is 175 cm³/mol. The first-order valence-corrected chi connectivity index (χ1v) is 16.2. The first-order valence-electron chi connectivity index (χ1n) is 15.3. The summed E-state index contributed by atoms with van der Waals surface area (Å²) in [6.45, 7) is 8.73. The van der Waals surface area contributed by atoms with Crippen molar-refractivity contribution in [2.24, 2.45) is 4.99 Å². The van der Waals surface area contributed by atoms with Crippen molar-refractivity contribution in [3.05, 3.63) is 105 Å². The van der Waals surface area contributed by atoms with Crippen molar-refractivity contribution in [1.29, 1.82) is 0 Å². The van der Waals surface area contributed by atoms with Gasteiger partial charge in [0.05, 0.1) is 18.0 Å². The van der Waals surface area contributed by atoms with Gasteiger partial charge in [0.15, 0.2) is 4.80 Å². The van der Waals surface area contributed by atoms with Crippen LogP contribution in [-0.4, -0.2) is 29.7 Å². The van der Waals surface area contributed by atoms with Gasteiger partial charge in [-0.05, 0) is 92.6 Å². The molecule has 2 atom stereocenters. The topological polar surface area (TPSA) is 82.9 Å². The fraction of sp³-hybridized carbons (Fsp3) is 0.353. The first-order chi connectivity index (χ1) is 22.0. The molecule has 2 unspecified atom stereocenters. The molecule has 12 heteroatoms. The van der Waals surface area contributed by atoms with Gasteiger partial charge in [0.2, 0.25) is 0 Å². The Labute approximate surface area is 270 Å². The number of carbonyl (C=O) groups is 1. The zero-order valence-corrected chi connectivity index (χ0v) is 27.1. The largest absolute Gasteiger partial charge is 0.573 e. The van der Waals surface area contributed by atoms with E-state index in [4.69, 9.17) is 0 Å². The summed E-state index contributed by atoms with van der Waals surface area (Å²) < 4.78 is 43.4. The Hall–Kier alpha value is -4.13. The average Bonchev–Trinajstić information content (AvgIpc) is 3.64. The summed E-state index contributed by atoms with van der Waals surface area (Å²) in [7, 11) is 0. The molecule has 4 aromatic rings. The summed E-state index contributed by atoms with van der Waals surface area (Å²) in [6.07, 6.45) is -1.35. The summed E-state index contributed by atoms with van der Waals surface area (Å²) in [6, 6.07) is 20.0. The number of hydrogen-bond acceptors (Lipinski definition) is 6. The van der Waals surface area contributed by atoms with Gasteiger partial charge in [0, 0.05) is 17.1 Å². The van der Waals surface area contributed by atoms with E-state index < -0.39 is 6.36 Å². The second-order valence-corrected chi connectivity index (χ2v) is 12.4. The molecule has 1 aliphatic heterocycles. The molecule has 0 aliphatic carbocycles. The molecule has 8 nitrogen and oxygen atoms in total. The van der Waals surface area contributed by atoms with Crippen LogP contribution in [0.15, 0.2) is 77.1 Å². The summed E-state index contributed by atoms with van der Waals surface area (Å²) in [4.78, 5) is 18.0. The van der Waals surface area contributed by atoms with E-state index in [0.29, 0.717) is 17.2 Å². The maximum atomic E-state index is 12.9. The number of carbonyl (C=O) groups excluding carboxylic acids is 1. The molecule has 2 amide bonds. The highest BCUT2D eigenvalue weighted by Gasteiger charge is 2.31. The SMILES string of the molecule is CCCc1ccc(C)cc1-n1c(C)csc1=NC(=O)NC(C)CCc1ccc(C2NCN(c3ccc(OC(F)(F)F)cc3)N2)cc1. The molecule has 3 N–H and O–H groups in total. The van der Waals surface area contributed by atoms with E-state index in [0.717, 1.165) is 53.8 Å². The highest BCUT2D eigenvalue weighted by molar-refractivity contribution is 7.07. The summed E-state index contributed by atoms with van der Waals surface area (Å²) in [5.41, 5.74) is 10.7. The van der Waals surface area contributed by atoms with Crippen LogP contribution in [0, 0.1) is 13.8 Å². The fourth-order valence-electron chi connectivity index (χ4n) is 5.40. The number of thiazole rings is 1. The van der Waals surface area contributed by atoms with Crippen molar-refractivity contribution < 1.29 is 22.7 Å². The molecule has 46 heavy (non-hydrogen) atoms. The maximum absolute atomic E-state index is 12.9. The number of amides is 2. The van der Waals surface area contributed by atoms with Crippen LogP contribution in [0.5, 0.6) is 5.75 Å². The highest BCUT2D eigenvalue weighted by atomic mass is 32.1. The summed E-state index contributed by atoms with van der Waals surface area (Å²) in [5.74, 6) is -0.261. The monoisotopic (exact) mass is 652 g/mol. The second kappa shape index (κ2) is 14.5. The number of benzene rings is 3. The number of aryl methyl sites for hydroxylation is 4. The van der Waals surface area contributed by atoms with Gasteiger partial charge >= 0.3 is 12.4 Å². The molecule has 1 aromatic heterocycles. The zero-order valence-electron chi connectivity index (χ0n) is 26.3. The molecule has 2 heterocycles. The summed E-state index contributed by atoms with van der Waals surface area (Å²) >= 11 is 1.46. The van der Waals surface area contributed by atoms with Gasteiger partial charge in [-0.2, -0.15) is 4.99 Å². The van der Waals surface area contributed by atoms with E-state index in [9.17, 15) is 18.0 Å². The van der Waals surface area contributed by atoms with Gasteiger partial charge in [0.25, 0.3) is 0 Å². The Morgan fingerprint density at radius 2 is 1.83 bits per heavy atom. The lowest BCUT2D eigenvalue weighted by atomic mass is 10.0. The van der Waals surface area contributed by atoms with Crippen LogP contribution in [0.3, 0.4) is 0 Å². The molecule has 0 saturated carbocycles. The Morgan fingerprint density at radius 1 is 1.09 bits per heavy atom.